The Labute approximate surface area is 293 Å². The largest absolute Gasteiger partial charge is 0.491 e. The van der Waals surface area contributed by atoms with Crippen molar-refractivity contribution in [2.45, 2.75) is 69.8 Å². The molecule has 0 bridgehead atoms. The molecule has 2 atom stereocenters. The molecule has 2 unspecified atom stereocenters. The highest BCUT2D eigenvalue weighted by Gasteiger charge is 2.25. The summed E-state index contributed by atoms with van der Waals surface area (Å²) in [4.78, 5) is 17.6. The summed E-state index contributed by atoms with van der Waals surface area (Å²) in [6, 6.07) is 25.9. The van der Waals surface area contributed by atoms with Gasteiger partial charge in [0.05, 0.1) is 28.9 Å². The van der Waals surface area contributed by atoms with E-state index in [4.69, 9.17) is 23.1 Å². The molecular weight excluding hydrogens is 657 g/mol. The molecule has 0 radical (unpaired) electrons. The number of aromatic nitrogens is 2. The van der Waals surface area contributed by atoms with Crippen LogP contribution in [0.4, 0.5) is 4.79 Å². The van der Waals surface area contributed by atoms with E-state index in [-0.39, 0.29) is 18.1 Å². The maximum atomic E-state index is 13.2. The summed E-state index contributed by atoms with van der Waals surface area (Å²) in [5, 5.41) is 0.888. The van der Waals surface area contributed by atoms with Crippen molar-refractivity contribution in [3.8, 4) is 28.1 Å². The maximum absolute atomic E-state index is 13.2. The lowest BCUT2D eigenvalue weighted by atomic mass is 10.0. The molecule has 1 aliphatic heterocycles. The molecule has 0 amide bonds. The summed E-state index contributed by atoms with van der Waals surface area (Å²) in [7, 11) is -3.98. The predicted octanol–water partition coefficient (Wildman–Crippen LogP) is 8.16. The van der Waals surface area contributed by atoms with E-state index in [0.29, 0.717) is 23.6 Å². The molecule has 10 nitrogen and oxygen atoms in total. The van der Waals surface area contributed by atoms with Crippen LogP contribution in [0.2, 0.25) is 0 Å². The molecule has 5 aromatic rings. The Hall–Kier alpha value is -4.55. The van der Waals surface area contributed by atoms with Crippen LogP contribution in [-0.2, 0) is 28.5 Å². The lowest BCUT2D eigenvalue weighted by Gasteiger charge is -2.27. The number of hydrogen-bond donors (Lipinski definition) is 0. The van der Waals surface area contributed by atoms with E-state index in [0.717, 1.165) is 46.9 Å². The average molecular weight is 699 g/mol. The first kappa shape index (κ1) is 35.3. The van der Waals surface area contributed by atoms with Gasteiger partial charge in [0.15, 0.2) is 6.29 Å². The third kappa shape index (κ3) is 8.78. The molecule has 1 fully saturated rings. The molecule has 2 aromatic heterocycles. The third-order valence-electron chi connectivity index (χ3n) is 8.19. The van der Waals surface area contributed by atoms with Gasteiger partial charge in [-0.1, -0.05) is 54.1 Å². The van der Waals surface area contributed by atoms with E-state index in [2.05, 4.69) is 4.98 Å². The van der Waals surface area contributed by atoms with E-state index in [1.54, 1.807) is 29.1 Å². The Kier molecular flexibility index (Phi) is 10.7. The van der Waals surface area contributed by atoms with Gasteiger partial charge in [0, 0.05) is 18.2 Å². The fraction of sp³-hybridized carbons (Fsp3) is 0.333. The second kappa shape index (κ2) is 15.1. The number of rotatable bonds is 11. The Morgan fingerprint density at radius 1 is 0.920 bits per heavy atom. The van der Waals surface area contributed by atoms with Gasteiger partial charge in [-0.2, -0.15) is 8.42 Å². The van der Waals surface area contributed by atoms with Crippen LogP contribution in [0.1, 0.15) is 45.6 Å². The van der Waals surface area contributed by atoms with Crippen LogP contribution in [0, 0.1) is 6.92 Å². The lowest BCUT2D eigenvalue weighted by molar-refractivity contribution is -0.198. The molecule has 0 N–H and O–H groups in total. The Morgan fingerprint density at radius 2 is 1.60 bits per heavy atom. The SMILES string of the molecule is Cc1ccc(S(=O)(=O)OCC(COc2ccc(-c3ccc(-c4cc5ccncc5n4C(=O)OC(C)(C)C)cc3)cc2)OC2CCCCO2)cc1. The number of aryl methyl sites for hydroxylation is 1. The molecule has 50 heavy (non-hydrogen) atoms. The normalized spacial score (nSPS) is 15.9. The fourth-order valence-corrected chi connectivity index (χ4v) is 6.57. The van der Waals surface area contributed by atoms with Crippen molar-refractivity contribution in [3.63, 3.8) is 0 Å². The number of nitrogens with zero attached hydrogens (tertiary/aromatic N) is 2. The van der Waals surface area contributed by atoms with Gasteiger partial charge in [-0.05, 0) is 100 Å². The van der Waals surface area contributed by atoms with Crippen molar-refractivity contribution >= 4 is 27.1 Å². The summed E-state index contributed by atoms with van der Waals surface area (Å²) in [5.41, 5.74) is 4.49. The van der Waals surface area contributed by atoms with Crippen LogP contribution in [0.25, 0.3) is 33.3 Å². The average Bonchev–Trinajstić information content (AvgIpc) is 3.50. The van der Waals surface area contributed by atoms with Gasteiger partial charge < -0.3 is 18.9 Å². The number of pyridine rings is 1. The highest BCUT2D eigenvalue weighted by Crippen LogP contribution is 2.31. The highest BCUT2D eigenvalue weighted by molar-refractivity contribution is 7.86. The van der Waals surface area contributed by atoms with Crippen LogP contribution in [0.15, 0.2) is 102 Å². The number of benzene rings is 3. The van der Waals surface area contributed by atoms with E-state index < -0.39 is 34.2 Å². The van der Waals surface area contributed by atoms with Gasteiger partial charge in [0.1, 0.15) is 24.1 Å². The second-order valence-corrected chi connectivity index (χ2v) is 14.9. The highest BCUT2D eigenvalue weighted by atomic mass is 32.2. The number of ether oxygens (including phenoxy) is 4. The molecular formula is C39H42N2O8S. The molecule has 3 heterocycles. The molecule has 1 saturated heterocycles. The fourth-order valence-electron chi connectivity index (χ4n) is 5.63. The third-order valence-corrected chi connectivity index (χ3v) is 9.48. The summed E-state index contributed by atoms with van der Waals surface area (Å²) in [6.45, 7) is 7.85. The zero-order valence-electron chi connectivity index (χ0n) is 28.7. The van der Waals surface area contributed by atoms with Crippen molar-refractivity contribution in [2.75, 3.05) is 19.8 Å². The molecule has 262 valence electrons. The van der Waals surface area contributed by atoms with Crippen molar-refractivity contribution in [1.82, 2.24) is 9.55 Å². The van der Waals surface area contributed by atoms with Gasteiger partial charge in [-0.15, -0.1) is 0 Å². The Balaban J connectivity index is 1.13. The van der Waals surface area contributed by atoms with E-state index in [9.17, 15) is 13.2 Å². The van der Waals surface area contributed by atoms with Gasteiger partial charge in [-0.25, -0.2) is 9.36 Å². The van der Waals surface area contributed by atoms with Gasteiger partial charge in [0.25, 0.3) is 10.1 Å². The van der Waals surface area contributed by atoms with Crippen molar-refractivity contribution in [3.05, 3.63) is 103 Å². The Morgan fingerprint density at radius 3 is 2.26 bits per heavy atom. The number of carbonyl (C=O) groups excluding carboxylic acids is 1. The van der Waals surface area contributed by atoms with Crippen molar-refractivity contribution in [1.29, 1.82) is 0 Å². The minimum absolute atomic E-state index is 0.0679. The first-order valence-corrected chi connectivity index (χ1v) is 18.1. The minimum atomic E-state index is -3.98. The number of fused-ring (bicyclic) bond motifs is 1. The van der Waals surface area contributed by atoms with E-state index in [1.165, 1.54) is 12.1 Å². The lowest BCUT2D eigenvalue weighted by Crippen LogP contribution is -2.35. The minimum Gasteiger partial charge on any atom is -0.491 e. The molecule has 0 saturated carbocycles. The predicted molar refractivity (Wildman–Crippen MR) is 191 cm³/mol. The van der Waals surface area contributed by atoms with Crippen LogP contribution < -0.4 is 4.74 Å². The Bertz CT molecular complexity index is 2010. The number of carbonyl (C=O) groups is 1. The molecule has 0 spiro atoms. The van der Waals surface area contributed by atoms with E-state index in [1.807, 2.05) is 88.4 Å². The molecule has 3 aromatic carbocycles. The topological polar surface area (TPSA) is 115 Å². The monoisotopic (exact) mass is 698 g/mol. The van der Waals surface area contributed by atoms with Gasteiger partial charge in [-0.3, -0.25) is 9.17 Å². The maximum Gasteiger partial charge on any atom is 0.419 e. The van der Waals surface area contributed by atoms with E-state index >= 15 is 0 Å². The molecule has 11 heteroatoms. The summed E-state index contributed by atoms with van der Waals surface area (Å²) in [6.07, 6.45) is 4.41. The van der Waals surface area contributed by atoms with Crippen molar-refractivity contribution in [2.24, 2.45) is 0 Å². The standard InChI is InChI=1S/C39H42N2O8S/c1-27-8-18-34(19-9-27)50(43,44)47-26-33(48-37-7-5-6-22-45-37)25-46-32-16-14-29(15-17-32)28-10-12-30(13-11-28)35-23-31-20-21-40-24-36(31)41(35)38(42)49-39(2,3)4/h8-21,23-24,33,37H,5-7,22,25-26H2,1-4H3. The van der Waals surface area contributed by atoms with Crippen molar-refractivity contribution < 1.29 is 36.3 Å². The van der Waals surface area contributed by atoms with Crippen LogP contribution >= 0.6 is 0 Å². The molecule has 0 aliphatic carbocycles. The summed E-state index contributed by atoms with van der Waals surface area (Å²) >= 11 is 0. The van der Waals surface area contributed by atoms with Gasteiger partial charge in [0.2, 0.25) is 0 Å². The summed E-state index contributed by atoms with van der Waals surface area (Å²) < 4.78 is 56.3. The number of hydrogen-bond acceptors (Lipinski definition) is 9. The molecule has 1 aliphatic rings. The zero-order valence-corrected chi connectivity index (χ0v) is 29.5. The summed E-state index contributed by atoms with van der Waals surface area (Å²) in [5.74, 6) is 0.598. The quantitative estimate of drug-likeness (QED) is 0.126. The smallest absolute Gasteiger partial charge is 0.419 e. The molecule has 6 rings (SSSR count). The van der Waals surface area contributed by atoms with Crippen LogP contribution in [0.5, 0.6) is 5.75 Å². The van der Waals surface area contributed by atoms with Crippen LogP contribution in [-0.4, -0.2) is 61.9 Å². The first-order valence-electron chi connectivity index (χ1n) is 16.7. The first-order chi connectivity index (χ1) is 23.9. The zero-order chi connectivity index (χ0) is 35.3. The van der Waals surface area contributed by atoms with Crippen LogP contribution in [0.3, 0.4) is 0 Å². The van der Waals surface area contributed by atoms with Gasteiger partial charge >= 0.3 is 6.09 Å². The second-order valence-electron chi connectivity index (χ2n) is 13.3.